The topological polar surface area (TPSA) is 46.6 Å². The fourth-order valence-corrected chi connectivity index (χ4v) is 3.53. The maximum atomic E-state index is 13.0. The van der Waals surface area contributed by atoms with Gasteiger partial charge in [-0.3, -0.25) is 9.59 Å². The first-order valence-corrected chi connectivity index (χ1v) is 8.27. The van der Waals surface area contributed by atoms with Gasteiger partial charge in [-0.05, 0) is 35.6 Å². The molecule has 7 heteroatoms. The summed E-state index contributed by atoms with van der Waals surface area (Å²) in [6.07, 6.45) is -3.90. The maximum Gasteiger partial charge on any atom is 0.416 e. The number of nitrogens with zero attached hydrogens (tertiary/aromatic N) is 1. The highest BCUT2D eigenvalue weighted by molar-refractivity contribution is 5.95. The average Bonchev–Trinajstić information content (AvgIpc) is 2.95. The van der Waals surface area contributed by atoms with Crippen LogP contribution in [0.25, 0.3) is 0 Å². The number of amides is 1. The van der Waals surface area contributed by atoms with Crippen molar-refractivity contribution in [1.29, 1.82) is 0 Å². The number of ether oxygens (including phenoxy) is 1. The Balaban J connectivity index is 1.86. The van der Waals surface area contributed by atoms with E-state index in [2.05, 4.69) is 0 Å². The van der Waals surface area contributed by atoms with Crippen LogP contribution in [0.3, 0.4) is 0 Å². The van der Waals surface area contributed by atoms with Gasteiger partial charge >= 0.3 is 6.18 Å². The van der Waals surface area contributed by atoms with Gasteiger partial charge in [0, 0.05) is 19.5 Å². The Morgan fingerprint density at radius 1 is 1.28 bits per heavy atom. The summed E-state index contributed by atoms with van der Waals surface area (Å²) in [6, 6.07) is 3.66. The molecule has 1 amide bonds. The van der Waals surface area contributed by atoms with Gasteiger partial charge in [-0.15, -0.1) is 0 Å². The quantitative estimate of drug-likeness (QED) is 0.819. The van der Waals surface area contributed by atoms with Gasteiger partial charge in [0.25, 0.3) is 5.91 Å². The number of benzene rings is 1. The first kappa shape index (κ1) is 17.9. The molecule has 2 heterocycles. The van der Waals surface area contributed by atoms with Gasteiger partial charge < -0.3 is 9.64 Å². The van der Waals surface area contributed by atoms with E-state index >= 15 is 0 Å². The number of hydrogen-bond donors (Lipinski definition) is 0. The lowest BCUT2D eigenvalue weighted by molar-refractivity contribution is -0.159. The largest absolute Gasteiger partial charge is 0.416 e. The molecule has 0 aliphatic carbocycles. The average molecular weight is 355 g/mol. The molecule has 1 saturated heterocycles. The number of halogens is 3. The molecule has 2 aliphatic heterocycles. The third-order valence-electron chi connectivity index (χ3n) is 5.08. The van der Waals surface area contributed by atoms with Gasteiger partial charge in [0.2, 0.25) is 0 Å². The first-order chi connectivity index (χ1) is 11.6. The minimum atomic E-state index is -4.42. The number of carbonyl (C=O) groups is 2. The van der Waals surface area contributed by atoms with Crippen molar-refractivity contribution in [3.63, 3.8) is 0 Å². The Morgan fingerprint density at radius 2 is 2.00 bits per heavy atom. The number of Topliss-reactive ketones (excluding diaryl/α,β-unsaturated/α-hetero) is 1. The molecular weight excluding hydrogens is 335 g/mol. The Morgan fingerprint density at radius 3 is 2.56 bits per heavy atom. The van der Waals surface area contributed by atoms with Crippen LogP contribution in [0.2, 0.25) is 0 Å². The number of alkyl halides is 3. The van der Waals surface area contributed by atoms with Crippen molar-refractivity contribution in [2.75, 3.05) is 13.2 Å². The Bertz CT molecular complexity index is 714. The third kappa shape index (κ3) is 3.17. The molecule has 1 aromatic carbocycles. The predicted octanol–water partition coefficient (Wildman–Crippen LogP) is 2.97. The van der Waals surface area contributed by atoms with Gasteiger partial charge in [-0.1, -0.05) is 19.9 Å². The van der Waals surface area contributed by atoms with Gasteiger partial charge in [0.15, 0.2) is 11.4 Å². The highest BCUT2D eigenvalue weighted by atomic mass is 19.4. The van der Waals surface area contributed by atoms with E-state index in [1.54, 1.807) is 0 Å². The fraction of sp³-hybridized carbons (Fsp3) is 0.556. The lowest BCUT2D eigenvalue weighted by Gasteiger charge is -2.38. The second-order valence-electron chi connectivity index (χ2n) is 7.01. The van der Waals surface area contributed by atoms with E-state index in [0.29, 0.717) is 18.5 Å². The van der Waals surface area contributed by atoms with Crippen LogP contribution in [0.5, 0.6) is 0 Å². The molecule has 136 valence electrons. The molecule has 1 atom stereocenters. The van der Waals surface area contributed by atoms with Crippen molar-refractivity contribution in [3.8, 4) is 0 Å². The minimum Gasteiger partial charge on any atom is -0.357 e. The summed E-state index contributed by atoms with van der Waals surface area (Å²) in [5.74, 6) is -0.635. The minimum absolute atomic E-state index is 0.0233. The van der Waals surface area contributed by atoms with E-state index in [9.17, 15) is 22.8 Å². The molecule has 0 spiro atoms. The van der Waals surface area contributed by atoms with Crippen molar-refractivity contribution in [1.82, 2.24) is 4.90 Å². The Labute approximate surface area is 143 Å². The zero-order chi connectivity index (χ0) is 18.4. The Hall–Kier alpha value is -1.89. The molecule has 1 unspecified atom stereocenters. The van der Waals surface area contributed by atoms with Crippen LogP contribution < -0.4 is 0 Å². The molecular formula is C18H20F3NO3. The molecule has 0 saturated carbocycles. The summed E-state index contributed by atoms with van der Waals surface area (Å²) in [5, 5.41) is 0. The van der Waals surface area contributed by atoms with Crippen LogP contribution in [0, 0.1) is 5.92 Å². The molecule has 1 fully saturated rings. The molecule has 0 bridgehead atoms. The second-order valence-corrected chi connectivity index (χ2v) is 7.01. The number of ketones is 1. The standard InChI is InChI=1S/C18H20F3NO3/c1-11(2)17(8-15(23)10-25-17)16(24)22-6-5-12-3-4-14(18(19,20)21)7-13(12)9-22/h3-4,7,11H,5-6,8-10H2,1-2H3. The summed E-state index contributed by atoms with van der Waals surface area (Å²) >= 11 is 0. The highest BCUT2D eigenvalue weighted by Crippen LogP contribution is 2.36. The van der Waals surface area contributed by atoms with E-state index in [1.807, 2.05) is 13.8 Å². The van der Waals surface area contributed by atoms with Crippen molar-refractivity contribution >= 4 is 11.7 Å². The van der Waals surface area contributed by atoms with E-state index in [1.165, 1.54) is 11.0 Å². The molecule has 1 aromatic rings. The molecule has 2 aliphatic rings. The van der Waals surface area contributed by atoms with E-state index in [4.69, 9.17) is 4.74 Å². The zero-order valence-corrected chi connectivity index (χ0v) is 14.2. The molecule has 3 rings (SSSR count). The number of fused-ring (bicyclic) bond motifs is 1. The van der Waals surface area contributed by atoms with Crippen LogP contribution in [0.4, 0.5) is 13.2 Å². The van der Waals surface area contributed by atoms with Gasteiger partial charge in [0.1, 0.15) is 6.61 Å². The van der Waals surface area contributed by atoms with Crippen molar-refractivity contribution in [2.24, 2.45) is 5.92 Å². The van der Waals surface area contributed by atoms with E-state index in [-0.39, 0.29) is 37.2 Å². The van der Waals surface area contributed by atoms with Crippen LogP contribution in [0.15, 0.2) is 18.2 Å². The summed E-state index contributed by atoms with van der Waals surface area (Å²) in [7, 11) is 0. The smallest absolute Gasteiger partial charge is 0.357 e. The third-order valence-corrected chi connectivity index (χ3v) is 5.08. The molecule has 4 nitrogen and oxygen atoms in total. The molecule has 25 heavy (non-hydrogen) atoms. The number of carbonyl (C=O) groups excluding carboxylic acids is 2. The lowest BCUT2D eigenvalue weighted by atomic mass is 9.85. The molecule has 0 radical (unpaired) electrons. The first-order valence-electron chi connectivity index (χ1n) is 8.27. The highest BCUT2D eigenvalue weighted by Gasteiger charge is 2.51. The maximum absolute atomic E-state index is 13.0. The number of rotatable bonds is 2. The van der Waals surface area contributed by atoms with E-state index in [0.717, 1.165) is 17.7 Å². The van der Waals surface area contributed by atoms with Crippen molar-refractivity contribution < 1.29 is 27.5 Å². The zero-order valence-electron chi connectivity index (χ0n) is 14.2. The van der Waals surface area contributed by atoms with Gasteiger partial charge in [-0.25, -0.2) is 0 Å². The molecule has 0 aromatic heterocycles. The van der Waals surface area contributed by atoms with Crippen LogP contribution >= 0.6 is 0 Å². The van der Waals surface area contributed by atoms with Crippen LogP contribution in [-0.4, -0.2) is 35.3 Å². The van der Waals surface area contributed by atoms with Gasteiger partial charge in [-0.2, -0.15) is 13.2 Å². The number of hydrogen-bond acceptors (Lipinski definition) is 3. The fourth-order valence-electron chi connectivity index (χ4n) is 3.53. The lowest BCUT2D eigenvalue weighted by Crippen LogP contribution is -2.53. The summed E-state index contributed by atoms with van der Waals surface area (Å²) in [4.78, 5) is 26.2. The molecule has 0 N–H and O–H groups in total. The SMILES string of the molecule is CC(C)C1(C(=O)N2CCc3ccc(C(F)(F)F)cc3C2)CC(=O)CO1. The monoisotopic (exact) mass is 355 g/mol. The summed E-state index contributed by atoms with van der Waals surface area (Å²) in [5.41, 5.74) is -0.598. The second kappa shape index (κ2) is 6.12. The summed E-state index contributed by atoms with van der Waals surface area (Å²) < 4.78 is 44.4. The predicted molar refractivity (Wildman–Crippen MR) is 83.7 cm³/mol. The van der Waals surface area contributed by atoms with Crippen molar-refractivity contribution in [2.45, 2.75) is 45.0 Å². The summed E-state index contributed by atoms with van der Waals surface area (Å²) in [6.45, 7) is 4.05. The van der Waals surface area contributed by atoms with E-state index < -0.39 is 17.3 Å². The van der Waals surface area contributed by atoms with Gasteiger partial charge in [0.05, 0.1) is 5.56 Å². The van der Waals surface area contributed by atoms with Crippen molar-refractivity contribution in [3.05, 3.63) is 34.9 Å². The Kier molecular flexibility index (Phi) is 4.39. The van der Waals surface area contributed by atoms with Crippen LogP contribution in [-0.2, 0) is 33.5 Å². The normalized spacial score (nSPS) is 23.9. The van der Waals surface area contributed by atoms with Crippen LogP contribution in [0.1, 0.15) is 37.0 Å².